The van der Waals surface area contributed by atoms with E-state index in [-0.39, 0.29) is 0 Å². The van der Waals surface area contributed by atoms with Gasteiger partial charge in [0.1, 0.15) is 0 Å². The molecule has 2 aromatic rings. The van der Waals surface area contributed by atoms with Crippen LogP contribution in [-0.4, -0.2) is 11.1 Å². The summed E-state index contributed by atoms with van der Waals surface area (Å²) >= 11 is 0. The lowest BCUT2D eigenvalue weighted by molar-refractivity contribution is -0.134. The van der Waals surface area contributed by atoms with Gasteiger partial charge in [-0.3, -0.25) is 4.79 Å². The first-order valence-corrected chi connectivity index (χ1v) is 12.5. The molecule has 0 bridgehead atoms. The van der Waals surface area contributed by atoms with Crippen LogP contribution < -0.4 is 0 Å². The third kappa shape index (κ3) is 14.5. The van der Waals surface area contributed by atoms with Gasteiger partial charge in [-0.25, -0.2) is 0 Å². The Morgan fingerprint density at radius 2 is 1.06 bits per heavy atom. The Labute approximate surface area is 191 Å². The quantitative estimate of drug-likeness (QED) is 0.289. The van der Waals surface area contributed by atoms with Gasteiger partial charge in [0.2, 0.25) is 0 Å². The summed E-state index contributed by atoms with van der Waals surface area (Å²) in [6, 6.07) is 19.7. The maximum absolute atomic E-state index is 9.00. The second-order valence-electron chi connectivity index (χ2n) is 8.53. The maximum atomic E-state index is 9.00. The average molecular weight is 425 g/mol. The summed E-state index contributed by atoms with van der Waals surface area (Å²) in [6.07, 6.45) is 19.7. The average Bonchev–Trinajstić information content (AvgIpc) is 2.77. The molecule has 0 atom stereocenters. The van der Waals surface area contributed by atoms with Gasteiger partial charge in [0.15, 0.2) is 0 Å². The van der Waals surface area contributed by atoms with E-state index in [2.05, 4.69) is 61.5 Å². The van der Waals surface area contributed by atoms with E-state index in [0.717, 1.165) is 6.92 Å². The van der Waals surface area contributed by atoms with Crippen molar-refractivity contribution in [1.82, 2.24) is 0 Å². The third-order valence-electron chi connectivity index (χ3n) is 5.65. The van der Waals surface area contributed by atoms with Crippen molar-refractivity contribution < 1.29 is 9.90 Å². The molecule has 0 heterocycles. The van der Waals surface area contributed by atoms with Crippen LogP contribution in [0.5, 0.6) is 0 Å². The van der Waals surface area contributed by atoms with Crippen molar-refractivity contribution in [2.24, 2.45) is 0 Å². The molecule has 0 aromatic heterocycles. The minimum Gasteiger partial charge on any atom is -0.481 e. The molecular weight excluding hydrogens is 380 g/mol. The van der Waals surface area contributed by atoms with E-state index >= 15 is 0 Å². The summed E-state index contributed by atoms with van der Waals surface area (Å²) in [6.45, 7) is 3.38. The third-order valence-corrected chi connectivity index (χ3v) is 5.65. The van der Waals surface area contributed by atoms with Gasteiger partial charge in [0.25, 0.3) is 5.97 Å². The smallest absolute Gasteiger partial charge is 0.300 e. The predicted molar refractivity (Wildman–Crippen MR) is 135 cm³/mol. The van der Waals surface area contributed by atoms with Crippen molar-refractivity contribution in [2.45, 2.75) is 104 Å². The Hall–Kier alpha value is -2.09. The molecule has 0 saturated heterocycles. The Bertz CT molecular complexity index is 674. The number of carboxylic acid groups (broad SMARTS) is 1. The normalized spacial score (nSPS) is 10.4. The Morgan fingerprint density at radius 3 is 1.58 bits per heavy atom. The number of carbonyl (C=O) groups is 1. The summed E-state index contributed by atoms with van der Waals surface area (Å²) in [5.74, 6) is -0.833. The number of carboxylic acids is 1. The molecule has 31 heavy (non-hydrogen) atoms. The Balaban J connectivity index is 0.00000110. The molecule has 0 unspecified atom stereocenters. The Kier molecular flexibility index (Phi) is 16.2. The highest BCUT2D eigenvalue weighted by molar-refractivity contribution is 5.67. The fraction of sp³-hybridized carbons (Fsp3) is 0.552. The van der Waals surface area contributed by atoms with Crippen LogP contribution in [0.15, 0.2) is 54.6 Å². The lowest BCUT2D eigenvalue weighted by Gasteiger charge is -2.10. The van der Waals surface area contributed by atoms with Crippen LogP contribution in [0.25, 0.3) is 11.1 Å². The van der Waals surface area contributed by atoms with Gasteiger partial charge in [0.05, 0.1) is 0 Å². The van der Waals surface area contributed by atoms with Crippen molar-refractivity contribution in [3.8, 4) is 11.1 Å². The minimum absolute atomic E-state index is 0.833. The number of aryl methyl sites for hydroxylation is 1. The topological polar surface area (TPSA) is 37.3 Å². The fourth-order valence-electron chi connectivity index (χ4n) is 3.97. The van der Waals surface area contributed by atoms with Gasteiger partial charge in [0, 0.05) is 6.92 Å². The van der Waals surface area contributed by atoms with Crippen molar-refractivity contribution in [3.63, 3.8) is 0 Å². The number of unbranched alkanes of at least 4 members (excludes halogenated alkanes) is 12. The van der Waals surface area contributed by atoms with Crippen LogP contribution in [0.4, 0.5) is 0 Å². The maximum Gasteiger partial charge on any atom is 0.300 e. The summed E-state index contributed by atoms with van der Waals surface area (Å²) < 4.78 is 0. The van der Waals surface area contributed by atoms with Crippen LogP contribution >= 0.6 is 0 Å². The molecule has 1 N–H and O–H groups in total. The first-order valence-electron chi connectivity index (χ1n) is 12.5. The highest BCUT2D eigenvalue weighted by atomic mass is 16.4. The molecular formula is C29H44O2. The zero-order valence-corrected chi connectivity index (χ0v) is 20.0. The molecule has 0 aliphatic rings. The predicted octanol–water partition coefficient (Wildman–Crippen LogP) is 9.08. The minimum atomic E-state index is -0.833. The number of rotatable bonds is 15. The largest absolute Gasteiger partial charge is 0.481 e. The molecule has 2 aromatic carbocycles. The zero-order chi connectivity index (χ0) is 22.6. The molecule has 172 valence electrons. The van der Waals surface area contributed by atoms with Crippen LogP contribution in [0.2, 0.25) is 0 Å². The SMILES string of the molecule is CC(=O)O.CCCCCCCCCCCCCCCc1ccccc1-c1ccccc1. The van der Waals surface area contributed by atoms with E-state index in [9.17, 15) is 0 Å². The molecule has 0 radical (unpaired) electrons. The molecule has 2 rings (SSSR count). The summed E-state index contributed by atoms with van der Waals surface area (Å²) in [5.41, 5.74) is 4.27. The van der Waals surface area contributed by atoms with Crippen LogP contribution in [-0.2, 0) is 11.2 Å². The summed E-state index contributed by atoms with van der Waals surface area (Å²) in [7, 11) is 0. The van der Waals surface area contributed by atoms with Gasteiger partial charge in [-0.05, 0) is 29.5 Å². The number of benzene rings is 2. The van der Waals surface area contributed by atoms with Crippen molar-refractivity contribution in [3.05, 3.63) is 60.2 Å². The molecule has 2 heteroatoms. The van der Waals surface area contributed by atoms with E-state index in [0.29, 0.717) is 0 Å². The molecule has 0 spiro atoms. The van der Waals surface area contributed by atoms with Gasteiger partial charge in [-0.15, -0.1) is 0 Å². The monoisotopic (exact) mass is 424 g/mol. The van der Waals surface area contributed by atoms with E-state index in [1.807, 2.05) is 0 Å². The zero-order valence-electron chi connectivity index (χ0n) is 20.0. The van der Waals surface area contributed by atoms with Gasteiger partial charge in [-0.2, -0.15) is 0 Å². The lowest BCUT2D eigenvalue weighted by Crippen LogP contribution is -1.91. The molecule has 0 amide bonds. The van der Waals surface area contributed by atoms with Crippen molar-refractivity contribution in [1.29, 1.82) is 0 Å². The molecule has 0 saturated carbocycles. The van der Waals surface area contributed by atoms with E-state index in [1.165, 1.54) is 107 Å². The fourth-order valence-corrected chi connectivity index (χ4v) is 3.97. The standard InChI is InChI=1S/C27H40.C2H4O2/c1-2-3-4-5-6-7-8-9-10-11-12-13-15-20-26-23-18-19-24-27(26)25-21-16-14-17-22-25;1-2(3)4/h14,16-19,21-24H,2-13,15,20H2,1H3;1H3,(H,3,4). The van der Waals surface area contributed by atoms with Crippen molar-refractivity contribution >= 4 is 5.97 Å². The second kappa shape index (κ2) is 18.7. The summed E-state index contributed by atoms with van der Waals surface area (Å²) in [5, 5.41) is 7.42. The second-order valence-corrected chi connectivity index (χ2v) is 8.53. The van der Waals surface area contributed by atoms with E-state index in [1.54, 1.807) is 0 Å². The first kappa shape index (κ1) is 26.9. The molecule has 0 aliphatic carbocycles. The summed E-state index contributed by atoms with van der Waals surface area (Å²) in [4.78, 5) is 9.00. The Morgan fingerprint density at radius 1 is 0.645 bits per heavy atom. The highest BCUT2D eigenvalue weighted by Gasteiger charge is 2.03. The van der Waals surface area contributed by atoms with E-state index < -0.39 is 5.97 Å². The molecule has 0 aliphatic heterocycles. The van der Waals surface area contributed by atoms with Gasteiger partial charge >= 0.3 is 0 Å². The van der Waals surface area contributed by atoms with Crippen molar-refractivity contribution in [2.75, 3.05) is 0 Å². The highest BCUT2D eigenvalue weighted by Crippen LogP contribution is 2.25. The van der Waals surface area contributed by atoms with Crippen LogP contribution in [0.1, 0.15) is 103 Å². The molecule has 0 fully saturated rings. The number of hydrogen-bond acceptors (Lipinski definition) is 1. The van der Waals surface area contributed by atoms with E-state index in [4.69, 9.17) is 9.90 Å². The van der Waals surface area contributed by atoms with Gasteiger partial charge in [-0.1, -0.05) is 139 Å². The number of hydrogen-bond donors (Lipinski definition) is 1. The van der Waals surface area contributed by atoms with Crippen LogP contribution in [0.3, 0.4) is 0 Å². The lowest BCUT2D eigenvalue weighted by atomic mass is 9.95. The van der Waals surface area contributed by atoms with Gasteiger partial charge < -0.3 is 5.11 Å². The first-order chi connectivity index (χ1) is 15.1. The number of aliphatic carboxylic acids is 1. The van der Waals surface area contributed by atoms with Crippen LogP contribution in [0, 0.1) is 0 Å². The molecule has 2 nitrogen and oxygen atoms in total.